The number of H-pyrrole nitrogens is 1. The van der Waals surface area contributed by atoms with Gasteiger partial charge in [0.15, 0.2) is 0 Å². The van der Waals surface area contributed by atoms with Crippen LogP contribution >= 0.6 is 11.8 Å². The molecule has 4 aromatic rings. The molecule has 0 saturated heterocycles. The van der Waals surface area contributed by atoms with Gasteiger partial charge >= 0.3 is 0 Å². The molecule has 0 radical (unpaired) electrons. The standard InChI is InChI=1S/C22H21N7OS/c1-30-16-9-7-15(8-10-16)20-19(11-12-23)31-22-27-26-21(29(22)28-20)18-13-17(24-25-18)14-5-3-2-4-6-14/h2-10,13,19H,11-12,23H2,1H3,(H,24,25). The molecule has 0 fully saturated rings. The molecule has 8 nitrogen and oxygen atoms in total. The summed E-state index contributed by atoms with van der Waals surface area (Å²) in [5.74, 6) is 1.43. The third-order valence-electron chi connectivity index (χ3n) is 5.08. The van der Waals surface area contributed by atoms with Crippen LogP contribution in [0.2, 0.25) is 0 Å². The average Bonchev–Trinajstić information content (AvgIpc) is 3.46. The molecule has 156 valence electrons. The van der Waals surface area contributed by atoms with Gasteiger partial charge in [0.2, 0.25) is 11.0 Å². The number of nitrogens with two attached hydrogens (primary N) is 1. The number of aromatic nitrogens is 5. The molecule has 9 heteroatoms. The fourth-order valence-electron chi connectivity index (χ4n) is 3.50. The Balaban J connectivity index is 1.54. The third kappa shape index (κ3) is 3.73. The van der Waals surface area contributed by atoms with Gasteiger partial charge in [-0.05, 0) is 48.9 Å². The lowest BCUT2D eigenvalue weighted by Gasteiger charge is -2.22. The number of thioether (sulfide) groups is 1. The smallest absolute Gasteiger partial charge is 0.213 e. The maximum Gasteiger partial charge on any atom is 0.213 e. The topological polar surface area (TPSA) is 107 Å². The van der Waals surface area contributed by atoms with E-state index >= 15 is 0 Å². The van der Waals surface area contributed by atoms with E-state index in [2.05, 4.69) is 20.4 Å². The van der Waals surface area contributed by atoms with Crippen molar-refractivity contribution in [3.8, 4) is 28.5 Å². The Hall–Kier alpha value is -3.43. The summed E-state index contributed by atoms with van der Waals surface area (Å²) in [7, 11) is 1.66. The first-order valence-corrected chi connectivity index (χ1v) is 10.8. The number of methoxy groups -OCH3 is 1. The van der Waals surface area contributed by atoms with E-state index < -0.39 is 0 Å². The molecule has 0 amide bonds. The Morgan fingerprint density at radius 1 is 1.06 bits per heavy atom. The summed E-state index contributed by atoms with van der Waals surface area (Å²) in [5.41, 5.74) is 10.5. The van der Waals surface area contributed by atoms with Crippen molar-refractivity contribution in [2.75, 3.05) is 13.7 Å². The molecule has 31 heavy (non-hydrogen) atoms. The first-order chi connectivity index (χ1) is 15.3. The van der Waals surface area contributed by atoms with Crippen LogP contribution in [0.4, 0.5) is 0 Å². The molecule has 0 bridgehead atoms. The van der Waals surface area contributed by atoms with E-state index in [0.29, 0.717) is 12.4 Å². The lowest BCUT2D eigenvalue weighted by atomic mass is 10.0. The van der Waals surface area contributed by atoms with Crippen LogP contribution in [0.15, 0.2) is 70.9 Å². The molecular weight excluding hydrogens is 410 g/mol. The average molecular weight is 432 g/mol. The van der Waals surface area contributed by atoms with Crippen LogP contribution in [0.1, 0.15) is 12.0 Å². The van der Waals surface area contributed by atoms with Crippen LogP contribution in [0.5, 0.6) is 5.75 Å². The van der Waals surface area contributed by atoms with Crippen molar-refractivity contribution in [3.63, 3.8) is 0 Å². The highest BCUT2D eigenvalue weighted by Crippen LogP contribution is 2.34. The fourth-order valence-corrected chi connectivity index (χ4v) is 4.62. The molecule has 1 unspecified atom stereocenters. The van der Waals surface area contributed by atoms with Gasteiger partial charge in [-0.1, -0.05) is 42.1 Å². The second-order valence-electron chi connectivity index (χ2n) is 7.05. The van der Waals surface area contributed by atoms with E-state index in [1.54, 1.807) is 23.5 Å². The Kier molecular flexibility index (Phi) is 5.27. The number of hydrogen-bond donors (Lipinski definition) is 2. The van der Waals surface area contributed by atoms with Crippen molar-refractivity contribution >= 4 is 17.5 Å². The van der Waals surface area contributed by atoms with Gasteiger partial charge < -0.3 is 10.5 Å². The predicted octanol–water partition coefficient (Wildman–Crippen LogP) is 3.42. The lowest BCUT2D eigenvalue weighted by molar-refractivity contribution is 0.415. The number of fused-ring (bicyclic) bond motifs is 1. The minimum Gasteiger partial charge on any atom is -0.497 e. The quantitative estimate of drug-likeness (QED) is 0.484. The minimum atomic E-state index is 0.101. The van der Waals surface area contributed by atoms with E-state index in [4.69, 9.17) is 15.6 Å². The number of nitrogens with zero attached hydrogens (tertiary/aromatic N) is 5. The van der Waals surface area contributed by atoms with E-state index in [9.17, 15) is 0 Å². The van der Waals surface area contributed by atoms with Crippen LogP contribution in [0, 0.1) is 0 Å². The summed E-state index contributed by atoms with van der Waals surface area (Å²) in [4.78, 5) is 0. The summed E-state index contributed by atoms with van der Waals surface area (Å²) in [6.45, 7) is 0.564. The maximum absolute atomic E-state index is 5.88. The number of nitrogens with one attached hydrogen (secondary N) is 1. The van der Waals surface area contributed by atoms with Gasteiger partial charge in [-0.3, -0.25) is 5.10 Å². The number of aromatic amines is 1. The summed E-state index contributed by atoms with van der Waals surface area (Å²) < 4.78 is 7.07. The van der Waals surface area contributed by atoms with E-state index in [-0.39, 0.29) is 5.25 Å². The summed E-state index contributed by atoms with van der Waals surface area (Å²) in [6, 6.07) is 19.9. The molecule has 0 saturated carbocycles. The molecule has 2 aromatic heterocycles. The van der Waals surface area contributed by atoms with Crippen LogP contribution in [-0.4, -0.2) is 49.7 Å². The highest BCUT2D eigenvalue weighted by Gasteiger charge is 2.29. The van der Waals surface area contributed by atoms with Gasteiger partial charge in [0.05, 0.1) is 23.8 Å². The van der Waals surface area contributed by atoms with Crippen molar-refractivity contribution in [2.45, 2.75) is 16.8 Å². The van der Waals surface area contributed by atoms with Crippen LogP contribution < -0.4 is 10.5 Å². The molecular formula is C22H21N7OS. The zero-order valence-electron chi connectivity index (χ0n) is 16.9. The lowest BCUT2D eigenvalue weighted by Crippen LogP contribution is -2.26. The largest absolute Gasteiger partial charge is 0.497 e. The SMILES string of the molecule is COc1ccc(C2=Nn3c(nnc3-c3cc(-c4ccccc4)n[nH]3)SC2CCN)cc1. The van der Waals surface area contributed by atoms with E-state index in [1.165, 1.54) is 0 Å². The predicted molar refractivity (Wildman–Crippen MR) is 121 cm³/mol. The summed E-state index contributed by atoms with van der Waals surface area (Å²) >= 11 is 1.63. The number of ether oxygens (including phenoxy) is 1. The van der Waals surface area contributed by atoms with E-state index in [0.717, 1.165) is 45.6 Å². The van der Waals surface area contributed by atoms with Crippen LogP contribution in [-0.2, 0) is 0 Å². The Labute approximate surface area is 183 Å². The molecule has 5 rings (SSSR count). The van der Waals surface area contributed by atoms with Crippen LogP contribution in [0.3, 0.4) is 0 Å². The number of benzene rings is 2. The summed E-state index contributed by atoms with van der Waals surface area (Å²) in [5, 5.41) is 22.0. The van der Waals surface area contributed by atoms with Gasteiger partial charge in [0.25, 0.3) is 0 Å². The summed E-state index contributed by atoms with van der Waals surface area (Å²) in [6.07, 6.45) is 0.792. The Morgan fingerprint density at radius 3 is 2.61 bits per heavy atom. The number of rotatable bonds is 6. The maximum atomic E-state index is 5.88. The molecule has 3 N–H and O–H groups in total. The van der Waals surface area contributed by atoms with Crippen molar-refractivity contribution in [2.24, 2.45) is 10.8 Å². The second kappa shape index (κ2) is 8.37. The Bertz CT molecular complexity index is 1210. The molecule has 1 aliphatic rings. The normalized spacial score (nSPS) is 15.4. The minimum absolute atomic E-state index is 0.101. The van der Waals surface area contributed by atoms with Crippen LogP contribution in [0.25, 0.3) is 22.8 Å². The highest BCUT2D eigenvalue weighted by molar-refractivity contribution is 8.00. The van der Waals surface area contributed by atoms with Gasteiger partial charge in [0, 0.05) is 5.56 Å². The second-order valence-corrected chi connectivity index (χ2v) is 8.22. The van der Waals surface area contributed by atoms with Crippen molar-refractivity contribution in [3.05, 3.63) is 66.2 Å². The number of hydrogen-bond acceptors (Lipinski definition) is 7. The Morgan fingerprint density at radius 2 is 1.87 bits per heavy atom. The van der Waals surface area contributed by atoms with Crippen molar-refractivity contribution in [1.29, 1.82) is 0 Å². The third-order valence-corrected chi connectivity index (χ3v) is 6.28. The van der Waals surface area contributed by atoms with Gasteiger partial charge in [0.1, 0.15) is 11.4 Å². The highest BCUT2D eigenvalue weighted by atomic mass is 32.2. The first kappa shape index (κ1) is 19.5. The van der Waals surface area contributed by atoms with Gasteiger partial charge in [-0.2, -0.15) is 14.9 Å². The van der Waals surface area contributed by atoms with Gasteiger partial charge in [-0.15, -0.1) is 10.2 Å². The fraction of sp³-hybridized carbons (Fsp3) is 0.182. The molecule has 1 aliphatic heterocycles. The monoisotopic (exact) mass is 431 g/mol. The molecule has 3 heterocycles. The van der Waals surface area contributed by atoms with E-state index in [1.807, 2.05) is 60.7 Å². The molecule has 1 atom stereocenters. The zero-order valence-corrected chi connectivity index (χ0v) is 17.7. The van der Waals surface area contributed by atoms with Crippen molar-refractivity contribution < 1.29 is 4.74 Å². The van der Waals surface area contributed by atoms with Gasteiger partial charge in [-0.25, -0.2) is 0 Å². The molecule has 0 aliphatic carbocycles. The van der Waals surface area contributed by atoms with Crippen molar-refractivity contribution in [1.82, 2.24) is 25.1 Å². The molecule has 0 spiro atoms. The first-order valence-electron chi connectivity index (χ1n) is 9.93. The molecule has 2 aromatic carbocycles. The zero-order chi connectivity index (χ0) is 21.2.